The summed E-state index contributed by atoms with van der Waals surface area (Å²) >= 11 is 0. The fourth-order valence-electron chi connectivity index (χ4n) is 1.88. The van der Waals surface area contributed by atoms with Crippen LogP contribution in [0.5, 0.6) is 5.75 Å². The largest absolute Gasteiger partial charge is 0.480 e. The normalized spacial score (nSPS) is 10.6. The van der Waals surface area contributed by atoms with Crippen LogP contribution >= 0.6 is 0 Å². The average Bonchev–Trinajstić information content (AvgIpc) is 2.52. The van der Waals surface area contributed by atoms with Gasteiger partial charge in [-0.05, 0) is 18.6 Å². The standard InChI is InChI=1S/C12H13NO3/c1-8-6-13(2)12-9(8)4-3-5-10(12)16-7-11(14)15/h3-6H,7H2,1-2H3,(H,14,15). The smallest absolute Gasteiger partial charge is 0.341 e. The number of para-hydroxylation sites is 1. The molecule has 0 saturated heterocycles. The van der Waals surface area contributed by atoms with Crippen molar-refractivity contribution < 1.29 is 14.6 Å². The van der Waals surface area contributed by atoms with E-state index in [1.807, 2.05) is 36.9 Å². The minimum absolute atomic E-state index is 0.316. The Kier molecular flexibility index (Phi) is 2.56. The van der Waals surface area contributed by atoms with Crippen LogP contribution in [0, 0.1) is 6.92 Å². The quantitative estimate of drug-likeness (QED) is 0.858. The number of fused-ring (bicyclic) bond motifs is 1. The molecule has 0 bridgehead atoms. The predicted octanol–water partition coefficient (Wildman–Crippen LogP) is 1.95. The third-order valence-electron chi connectivity index (χ3n) is 2.51. The highest BCUT2D eigenvalue weighted by Crippen LogP contribution is 2.28. The maximum absolute atomic E-state index is 10.5. The molecule has 0 aliphatic carbocycles. The highest BCUT2D eigenvalue weighted by Gasteiger charge is 2.09. The number of hydrogen-bond donors (Lipinski definition) is 1. The van der Waals surface area contributed by atoms with Gasteiger partial charge < -0.3 is 14.4 Å². The summed E-state index contributed by atoms with van der Waals surface area (Å²) in [5.41, 5.74) is 2.08. The van der Waals surface area contributed by atoms with Crippen LogP contribution in [0.1, 0.15) is 5.56 Å². The van der Waals surface area contributed by atoms with Gasteiger partial charge in [-0.1, -0.05) is 12.1 Å². The molecule has 0 aliphatic heterocycles. The van der Waals surface area contributed by atoms with Crippen LogP contribution in [-0.2, 0) is 11.8 Å². The molecule has 4 heteroatoms. The summed E-state index contributed by atoms with van der Waals surface area (Å²) in [6.45, 7) is 1.70. The molecule has 0 fully saturated rings. The van der Waals surface area contributed by atoms with Gasteiger partial charge in [0.15, 0.2) is 6.61 Å². The van der Waals surface area contributed by atoms with Crippen LogP contribution in [0.25, 0.3) is 10.9 Å². The first-order valence-corrected chi connectivity index (χ1v) is 4.99. The molecule has 2 rings (SSSR count). The van der Waals surface area contributed by atoms with Crippen LogP contribution in [0.2, 0.25) is 0 Å². The summed E-state index contributed by atoms with van der Waals surface area (Å²) in [6.07, 6.45) is 2.00. The van der Waals surface area contributed by atoms with Gasteiger partial charge >= 0.3 is 5.97 Å². The van der Waals surface area contributed by atoms with Crippen LogP contribution in [0.3, 0.4) is 0 Å². The third-order valence-corrected chi connectivity index (χ3v) is 2.51. The molecule has 1 aromatic heterocycles. The van der Waals surface area contributed by atoms with Crippen LogP contribution < -0.4 is 4.74 Å². The number of carbonyl (C=O) groups is 1. The van der Waals surface area contributed by atoms with Crippen molar-refractivity contribution in [3.05, 3.63) is 30.0 Å². The molecule has 4 nitrogen and oxygen atoms in total. The molecule has 0 saturated carbocycles. The van der Waals surface area contributed by atoms with Crippen molar-refractivity contribution >= 4 is 16.9 Å². The van der Waals surface area contributed by atoms with Gasteiger partial charge in [-0.2, -0.15) is 0 Å². The first-order valence-electron chi connectivity index (χ1n) is 4.99. The van der Waals surface area contributed by atoms with E-state index in [0.29, 0.717) is 5.75 Å². The number of aryl methyl sites for hydroxylation is 2. The number of carboxylic acids is 1. The van der Waals surface area contributed by atoms with Crippen molar-refractivity contribution in [3.8, 4) is 5.75 Å². The zero-order chi connectivity index (χ0) is 11.7. The molecule has 0 spiro atoms. The monoisotopic (exact) mass is 219 g/mol. The lowest BCUT2D eigenvalue weighted by Gasteiger charge is -2.06. The number of ether oxygens (including phenoxy) is 1. The summed E-state index contributed by atoms with van der Waals surface area (Å²) < 4.78 is 7.20. The second-order valence-corrected chi connectivity index (χ2v) is 3.76. The SMILES string of the molecule is Cc1cn(C)c2c(OCC(=O)O)cccc12. The lowest BCUT2D eigenvalue weighted by atomic mass is 10.2. The van der Waals surface area contributed by atoms with Crippen molar-refractivity contribution in [2.24, 2.45) is 7.05 Å². The third kappa shape index (κ3) is 1.74. The van der Waals surface area contributed by atoms with Gasteiger partial charge in [0.25, 0.3) is 0 Å². The molecule has 0 aliphatic rings. The number of nitrogens with zero attached hydrogens (tertiary/aromatic N) is 1. The molecule has 0 unspecified atom stereocenters. The Morgan fingerprint density at radius 1 is 1.50 bits per heavy atom. The second-order valence-electron chi connectivity index (χ2n) is 3.76. The summed E-state index contributed by atoms with van der Waals surface area (Å²) in [5, 5.41) is 9.68. The highest BCUT2D eigenvalue weighted by atomic mass is 16.5. The number of rotatable bonds is 3. The zero-order valence-corrected chi connectivity index (χ0v) is 9.23. The number of hydrogen-bond acceptors (Lipinski definition) is 2. The van der Waals surface area contributed by atoms with Gasteiger partial charge in [-0.25, -0.2) is 4.79 Å². The van der Waals surface area contributed by atoms with E-state index >= 15 is 0 Å². The minimum atomic E-state index is -0.970. The molecule has 0 amide bonds. The van der Waals surface area contributed by atoms with Crippen LogP contribution in [-0.4, -0.2) is 22.2 Å². The van der Waals surface area contributed by atoms with E-state index in [4.69, 9.17) is 9.84 Å². The summed E-state index contributed by atoms with van der Waals surface area (Å²) in [7, 11) is 1.92. The van der Waals surface area contributed by atoms with E-state index < -0.39 is 5.97 Å². The van der Waals surface area contributed by atoms with E-state index in [1.54, 1.807) is 6.07 Å². The second kappa shape index (κ2) is 3.89. The Balaban J connectivity index is 2.48. The molecule has 84 valence electrons. The Hall–Kier alpha value is -1.97. The van der Waals surface area contributed by atoms with E-state index in [1.165, 1.54) is 0 Å². The van der Waals surface area contributed by atoms with Crippen molar-refractivity contribution in [2.75, 3.05) is 6.61 Å². The molecule has 0 atom stereocenters. The number of benzene rings is 1. The van der Waals surface area contributed by atoms with Crippen molar-refractivity contribution in [2.45, 2.75) is 6.92 Å². The first-order chi connectivity index (χ1) is 7.59. The van der Waals surface area contributed by atoms with Gasteiger partial charge in [-0.3, -0.25) is 0 Å². The summed E-state index contributed by atoms with van der Waals surface area (Å²) in [5.74, 6) is -0.363. The summed E-state index contributed by atoms with van der Waals surface area (Å²) in [4.78, 5) is 10.5. The van der Waals surface area contributed by atoms with Crippen molar-refractivity contribution in [1.29, 1.82) is 0 Å². The van der Waals surface area contributed by atoms with Crippen LogP contribution in [0.4, 0.5) is 0 Å². The van der Waals surface area contributed by atoms with E-state index in [9.17, 15) is 4.79 Å². The van der Waals surface area contributed by atoms with Gasteiger partial charge in [-0.15, -0.1) is 0 Å². The molecule has 1 aromatic carbocycles. The number of aliphatic carboxylic acids is 1. The van der Waals surface area contributed by atoms with Crippen molar-refractivity contribution in [1.82, 2.24) is 4.57 Å². The van der Waals surface area contributed by atoms with E-state index in [0.717, 1.165) is 16.5 Å². The Bertz CT molecular complexity index is 542. The number of aromatic nitrogens is 1. The zero-order valence-electron chi connectivity index (χ0n) is 9.23. The van der Waals surface area contributed by atoms with Gasteiger partial charge in [0.2, 0.25) is 0 Å². The average molecular weight is 219 g/mol. The maximum Gasteiger partial charge on any atom is 0.341 e. The fraction of sp³-hybridized carbons (Fsp3) is 0.250. The summed E-state index contributed by atoms with van der Waals surface area (Å²) in [6, 6.07) is 5.65. The Labute approximate surface area is 93.1 Å². The minimum Gasteiger partial charge on any atom is -0.480 e. The number of carboxylic acid groups (broad SMARTS) is 1. The molecule has 1 heterocycles. The topological polar surface area (TPSA) is 51.5 Å². The molecule has 1 N–H and O–H groups in total. The highest BCUT2D eigenvalue weighted by molar-refractivity contribution is 5.89. The Morgan fingerprint density at radius 2 is 2.25 bits per heavy atom. The van der Waals surface area contributed by atoms with Crippen LogP contribution in [0.15, 0.2) is 24.4 Å². The van der Waals surface area contributed by atoms with E-state index in [2.05, 4.69) is 0 Å². The fourth-order valence-corrected chi connectivity index (χ4v) is 1.88. The van der Waals surface area contributed by atoms with Crippen molar-refractivity contribution in [3.63, 3.8) is 0 Å². The molecule has 2 aromatic rings. The lowest BCUT2D eigenvalue weighted by Crippen LogP contribution is -2.09. The lowest BCUT2D eigenvalue weighted by molar-refractivity contribution is -0.139. The molecular weight excluding hydrogens is 206 g/mol. The van der Waals surface area contributed by atoms with Gasteiger partial charge in [0.1, 0.15) is 5.75 Å². The maximum atomic E-state index is 10.5. The predicted molar refractivity (Wildman–Crippen MR) is 60.8 cm³/mol. The molecular formula is C12H13NO3. The molecule has 0 radical (unpaired) electrons. The van der Waals surface area contributed by atoms with Gasteiger partial charge in [0.05, 0.1) is 5.52 Å². The molecule has 16 heavy (non-hydrogen) atoms. The first kappa shape index (κ1) is 10.5. The van der Waals surface area contributed by atoms with E-state index in [-0.39, 0.29) is 6.61 Å². The Morgan fingerprint density at radius 3 is 2.94 bits per heavy atom. The van der Waals surface area contributed by atoms with Gasteiger partial charge in [0, 0.05) is 18.6 Å².